The van der Waals surface area contributed by atoms with Crippen LogP contribution >= 0.6 is 25.3 Å². The second-order valence-electron chi connectivity index (χ2n) is 2.72. The largest absolute Gasteiger partial charge is 0.481 e. The summed E-state index contributed by atoms with van der Waals surface area (Å²) in [4.78, 5) is 10.1. The lowest BCUT2D eigenvalue weighted by Crippen LogP contribution is -1.93. The van der Waals surface area contributed by atoms with E-state index in [0.717, 1.165) is 36.7 Å². The van der Waals surface area contributed by atoms with Gasteiger partial charge < -0.3 is 5.11 Å². The molecule has 0 aromatic heterocycles. The molecule has 1 N–H and O–H groups in total. The van der Waals surface area contributed by atoms with Crippen LogP contribution in [0.4, 0.5) is 0 Å². The van der Waals surface area contributed by atoms with E-state index in [9.17, 15) is 4.79 Å². The van der Waals surface area contributed by atoms with Crippen LogP contribution in [-0.4, -0.2) is 11.1 Å². The maximum absolute atomic E-state index is 10.1. The topological polar surface area (TPSA) is 37.3 Å². The first-order valence-electron chi connectivity index (χ1n) is 4.08. The molecular formula is C8H15O2S2. The van der Waals surface area contributed by atoms with Crippen molar-refractivity contribution in [3.63, 3.8) is 0 Å². The van der Waals surface area contributed by atoms with Crippen LogP contribution in [0.5, 0.6) is 0 Å². The Bertz CT molecular complexity index is 126. The summed E-state index contributed by atoms with van der Waals surface area (Å²) in [6.07, 6.45) is 5.10. The molecule has 0 amide bonds. The Morgan fingerprint density at radius 2 is 1.50 bits per heavy atom. The van der Waals surface area contributed by atoms with Crippen molar-refractivity contribution in [1.29, 1.82) is 0 Å². The van der Waals surface area contributed by atoms with Gasteiger partial charge in [0.05, 0.1) is 4.58 Å². The average Bonchev–Trinajstić information content (AvgIpc) is 1.95. The molecule has 12 heavy (non-hydrogen) atoms. The fourth-order valence-electron chi connectivity index (χ4n) is 0.913. The molecule has 0 aromatic rings. The molecule has 0 atom stereocenters. The van der Waals surface area contributed by atoms with Gasteiger partial charge in [0.1, 0.15) is 0 Å². The van der Waals surface area contributed by atoms with Gasteiger partial charge in [-0.2, -0.15) is 25.3 Å². The van der Waals surface area contributed by atoms with E-state index in [1.807, 2.05) is 0 Å². The van der Waals surface area contributed by atoms with Crippen LogP contribution in [0.15, 0.2) is 0 Å². The van der Waals surface area contributed by atoms with E-state index in [1.54, 1.807) is 0 Å². The third kappa shape index (κ3) is 10.2. The molecule has 0 unspecified atom stereocenters. The maximum atomic E-state index is 10.1. The van der Waals surface area contributed by atoms with Crippen molar-refractivity contribution in [2.24, 2.45) is 0 Å². The molecule has 1 radical (unpaired) electrons. The zero-order valence-electron chi connectivity index (χ0n) is 6.99. The number of carboxylic acid groups (broad SMARTS) is 1. The minimum absolute atomic E-state index is 0.290. The predicted octanol–water partition coefficient (Wildman–Crippen LogP) is 2.76. The van der Waals surface area contributed by atoms with Crippen molar-refractivity contribution >= 4 is 31.2 Å². The van der Waals surface area contributed by atoms with Gasteiger partial charge in [-0.3, -0.25) is 4.79 Å². The predicted molar refractivity (Wildman–Crippen MR) is 56.6 cm³/mol. The SMILES string of the molecule is O=C(O)CCCCCC[C](S)S. The quantitative estimate of drug-likeness (QED) is 0.443. The first-order valence-corrected chi connectivity index (χ1v) is 4.98. The molecule has 4 heteroatoms. The molecule has 0 aliphatic carbocycles. The van der Waals surface area contributed by atoms with E-state index in [4.69, 9.17) is 5.11 Å². The van der Waals surface area contributed by atoms with Crippen LogP contribution in [0.25, 0.3) is 0 Å². The van der Waals surface area contributed by atoms with Gasteiger partial charge in [0.15, 0.2) is 0 Å². The Kier molecular flexibility index (Phi) is 7.91. The highest BCUT2D eigenvalue weighted by Gasteiger charge is 1.98. The molecule has 2 nitrogen and oxygen atoms in total. The fourth-order valence-corrected chi connectivity index (χ4v) is 1.23. The van der Waals surface area contributed by atoms with Crippen molar-refractivity contribution in [2.75, 3.05) is 0 Å². The van der Waals surface area contributed by atoms with Crippen LogP contribution in [0, 0.1) is 4.58 Å². The molecule has 0 aliphatic heterocycles. The van der Waals surface area contributed by atoms with Gasteiger partial charge in [-0.15, -0.1) is 0 Å². The van der Waals surface area contributed by atoms with Gasteiger partial charge in [-0.05, 0) is 12.8 Å². The maximum Gasteiger partial charge on any atom is 0.303 e. The molecule has 0 aromatic carbocycles. The summed E-state index contributed by atoms with van der Waals surface area (Å²) >= 11 is 8.09. The Morgan fingerprint density at radius 3 is 1.92 bits per heavy atom. The molecule has 0 saturated heterocycles. The molecule has 0 fully saturated rings. The normalized spacial score (nSPS) is 10.6. The standard InChI is InChI=1S/C8H15O2S2/c9-7(10)5-3-1-2-4-6-8(11)12/h11-12H,1-6H2,(H,9,10). The second kappa shape index (κ2) is 7.80. The minimum Gasteiger partial charge on any atom is -0.481 e. The first-order chi connectivity index (χ1) is 5.63. The third-order valence-corrected chi connectivity index (χ3v) is 1.99. The summed E-state index contributed by atoms with van der Waals surface area (Å²) in [6, 6.07) is 0. The molecule has 0 aliphatic rings. The smallest absolute Gasteiger partial charge is 0.303 e. The molecule has 0 saturated carbocycles. The van der Waals surface area contributed by atoms with Crippen LogP contribution in [0.2, 0.25) is 0 Å². The highest BCUT2D eigenvalue weighted by atomic mass is 32.2. The summed E-state index contributed by atoms with van der Waals surface area (Å²) in [5, 5.41) is 8.33. The number of unbranched alkanes of at least 4 members (excludes halogenated alkanes) is 3. The van der Waals surface area contributed by atoms with Crippen molar-refractivity contribution in [3.8, 4) is 0 Å². The average molecular weight is 207 g/mol. The van der Waals surface area contributed by atoms with E-state index < -0.39 is 5.97 Å². The minimum atomic E-state index is -0.703. The van der Waals surface area contributed by atoms with Gasteiger partial charge in [0.2, 0.25) is 0 Å². The summed E-state index contributed by atoms with van der Waals surface area (Å²) in [5.41, 5.74) is 0. The molecular weight excluding hydrogens is 192 g/mol. The number of aliphatic carboxylic acids is 1. The lowest BCUT2D eigenvalue weighted by molar-refractivity contribution is -0.137. The first kappa shape index (κ1) is 12.2. The third-order valence-electron chi connectivity index (χ3n) is 1.54. The molecule has 0 spiro atoms. The van der Waals surface area contributed by atoms with Crippen LogP contribution in [0.3, 0.4) is 0 Å². The van der Waals surface area contributed by atoms with E-state index in [1.165, 1.54) is 0 Å². The van der Waals surface area contributed by atoms with E-state index >= 15 is 0 Å². The van der Waals surface area contributed by atoms with Gasteiger partial charge in [0, 0.05) is 6.42 Å². The van der Waals surface area contributed by atoms with E-state index in [2.05, 4.69) is 25.3 Å². The monoisotopic (exact) mass is 207 g/mol. The van der Waals surface area contributed by atoms with Crippen LogP contribution < -0.4 is 0 Å². The lowest BCUT2D eigenvalue weighted by Gasteiger charge is -2.01. The second-order valence-corrected chi connectivity index (χ2v) is 4.16. The fraction of sp³-hybridized carbons (Fsp3) is 0.750. The Morgan fingerprint density at radius 1 is 1.00 bits per heavy atom. The zero-order chi connectivity index (χ0) is 9.40. The Hall–Kier alpha value is 0.170. The number of hydrogen-bond donors (Lipinski definition) is 3. The zero-order valence-corrected chi connectivity index (χ0v) is 8.78. The van der Waals surface area contributed by atoms with E-state index in [-0.39, 0.29) is 0 Å². The number of carbonyl (C=O) groups is 1. The number of rotatable bonds is 7. The van der Waals surface area contributed by atoms with Crippen molar-refractivity contribution in [2.45, 2.75) is 38.5 Å². The Balaban J connectivity index is 2.96. The van der Waals surface area contributed by atoms with Crippen LogP contribution in [-0.2, 0) is 4.79 Å². The summed E-state index contributed by atoms with van der Waals surface area (Å²) < 4.78 is 0.855. The van der Waals surface area contributed by atoms with Crippen molar-refractivity contribution < 1.29 is 9.90 Å². The molecule has 0 heterocycles. The molecule has 0 rings (SSSR count). The molecule has 0 bridgehead atoms. The van der Waals surface area contributed by atoms with Crippen molar-refractivity contribution in [1.82, 2.24) is 0 Å². The van der Waals surface area contributed by atoms with Gasteiger partial charge in [0.25, 0.3) is 0 Å². The number of thiol groups is 2. The van der Waals surface area contributed by atoms with E-state index in [0.29, 0.717) is 6.42 Å². The Labute approximate surface area is 84.6 Å². The highest BCUT2D eigenvalue weighted by molar-refractivity contribution is 8.03. The summed E-state index contributed by atoms with van der Waals surface area (Å²) in [6.45, 7) is 0. The molecule has 71 valence electrons. The van der Waals surface area contributed by atoms with Crippen molar-refractivity contribution in [3.05, 3.63) is 4.58 Å². The van der Waals surface area contributed by atoms with Crippen LogP contribution in [0.1, 0.15) is 38.5 Å². The van der Waals surface area contributed by atoms with Gasteiger partial charge >= 0.3 is 5.97 Å². The number of hydrogen-bond acceptors (Lipinski definition) is 3. The van der Waals surface area contributed by atoms with Gasteiger partial charge in [-0.25, -0.2) is 0 Å². The summed E-state index contributed by atoms with van der Waals surface area (Å²) in [7, 11) is 0. The van der Waals surface area contributed by atoms with Gasteiger partial charge in [-0.1, -0.05) is 19.3 Å². The highest BCUT2D eigenvalue weighted by Crippen LogP contribution is 2.19. The lowest BCUT2D eigenvalue weighted by atomic mass is 10.1. The number of carboxylic acids is 1. The summed E-state index contributed by atoms with van der Waals surface area (Å²) in [5.74, 6) is -0.703.